The molecule has 0 saturated heterocycles. The second kappa shape index (κ2) is 7.99. The maximum atomic E-state index is 12.7. The van der Waals surface area contributed by atoms with Gasteiger partial charge in [-0.15, -0.1) is 0 Å². The van der Waals surface area contributed by atoms with Crippen molar-refractivity contribution in [3.8, 4) is 5.75 Å². The number of ether oxygens (including phenoxy) is 1. The first-order chi connectivity index (χ1) is 14.9. The van der Waals surface area contributed by atoms with Gasteiger partial charge in [0.05, 0.1) is 25.7 Å². The Morgan fingerprint density at radius 3 is 2.65 bits per heavy atom. The molecule has 2 fully saturated rings. The Bertz CT molecular complexity index is 1030. The van der Waals surface area contributed by atoms with Crippen LogP contribution in [-0.2, 0) is 11.3 Å². The van der Waals surface area contributed by atoms with E-state index < -0.39 is 0 Å². The average Bonchev–Trinajstić information content (AvgIpc) is 3.38. The van der Waals surface area contributed by atoms with Crippen LogP contribution in [0.1, 0.15) is 36.8 Å². The van der Waals surface area contributed by atoms with Crippen molar-refractivity contribution in [1.29, 1.82) is 0 Å². The molecule has 3 unspecified atom stereocenters. The van der Waals surface area contributed by atoms with E-state index in [0.29, 0.717) is 10.6 Å². The summed E-state index contributed by atoms with van der Waals surface area (Å²) in [5.74, 6) is 2.48. The molecule has 0 spiro atoms. The SMILES string of the molecule is C[N+](C)(Cc1ccc(NC(=O)C2=Cc3cc(Cl)ccc3OC2)cc1)C1CC2CCC1C2. The molecule has 5 rings (SSSR count). The van der Waals surface area contributed by atoms with Gasteiger partial charge in [0.2, 0.25) is 0 Å². The van der Waals surface area contributed by atoms with E-state index in [0.717, 1.165) is 45.9 Å². The first-order valence-electron chi connectivity index (χ1n) is 11.2. The van der Waals surface area contributed by atoms with Gasteiger partial charge >= 0.3 is 0 Å². The van der Waals surface area contributed by atoms with E-state index in [1.807, 2.05) is 30.3 Å². The summed E-state index contributed by atoms with van der Waals surface area (Å²) in [5.41, 5.74) is 3.54. The Hall–Kier alpha value is -2.30. The molecule has 2 saturated carbocycles. The molecule has 2 aromatic carbocycles. The molecule has 5 heteroatoms. The Labute approximate surface area is 189 Å². The minimum atomic E-state index is -0.142. The van der Waals surface area contributed by atoms with Crippen molar-refractivity contribution >= 4 is 29.3 Å². The summed E-state index contributed by atoms with van der Waals surface area (Å²) in [6.45, 7) is 1.28. The maximum Gasteiger partial charge on any atom is 0.255 e. The normalized spacial score (nSPS) is 24.4. The molecule has 3 aliphatic rings. The number of halogens is 1. The van der Waals surface area contributed by atoms with Crippen molar-refractivity contribution in [3.05, 3.63) is 64.2 Å². The average molecular weight is 438 g/mol. The number of carbonyl (C=O) groups excluding carboxylic acids is 1. The van der Waals surface area contributed by atoms with E-state index in [-0.39, 0.29) is 12.5 Å². The lowest BCUT2D eigenvalue weighted by Gasteiger charge is -2.40. The van der Waals surface area contributed by atoms with E-state index in [1.54, 1.807) is 6.07 Å². The highest BCUT2D eigenvalue weighted by Crippen LogP contribution is 2.48. The summed E-state index contributed by atoms with van der Waals surface area (Å²) in [6, 6.07) is 14.5. The lowest BCUT2D eigenvalue weighted by atomic mass is 9.92. The first kappa shape index (κ1) is 20.6. The van der Waals surface area contributed by atoms with E-state index >= 15 is 0 Å². The van der Waals surface area contributed by atoms with Crippen LogP contribution in [0.5, 0.6) is 5.75 Å². The van der Waals surface area contributed by atoms with Crippen molar-refractivity contribution in [1.82, 2.24) is 0 Å². The number of nitrogens with zero attached hydrogens (tertiary/aromatic N) is 1. The van der Waals surface area contributed by atoms with E-state index in [2.05, 4.69) is 31.5 Å². The molecule has 0 radical (unpaired) electrons. The highest BCUT2D eigenvalue weighted by atomic mass is 35.5. The second-order valence-corrected chi connectivity index (χ2v) is 10.4. The van der Waals surface area contributed by atoms with Gasteiger partial charge in [-0.25, -0.2) is 0 Å². The Morgan fingerprint density at radius 2 is 1.94 bits per heavy atom. The molecule has 2 aliphatic carbocycles. The van der Waals surface area contributed by atoms with Crippen LogP contribution in [0, 0.1) is 11.8 Å². The Kier molecular flexibility index (Phi) is 5.31. The lowest BCUT2D eigenvalue weighted by molar-refractivity contribution is -0.931. The molecule has 4 nitrogen and oxygen atoms in total. The monoisotopic (exact) mass is 437 g/mol. The lowest BCUT2D eigenvalue weighted by Crippen LogP contribution is -2.50. The summed E-state index contributed by atoms with van der Waals surface area (Å²) in [4.78, 5) is 12.7. The molecule has 2 aromatic rings. The van der Waals surface area contributed by atoms with Crippen LogP contribution in [0.25, 0.3) is 6.08 Å². The molecule has 1 N–H and O–H groups in total. The van der Waals surface area contributed by atoms with Gasteiger partial charge in [0.1, 0.15) is 18.9 Å². The summed E-state index contributed by atoms with van der Waals surface area (Å²) in [7, 11) is 4.75. The Balaban J connectivity index is 1.23. The van der Waals surface area contributed by atoms with Crippen LogP contribution < -0.4 is 10.1 Å². The number of quaternary nitrogens is 1. The van der Waals surface area contributed by atoms with Crippen LogP contribution in [0.15, 0.2) is 48.0 Å². The minimum absolute atomic E-state index is 0.142. The van der Waals surface area contributed by atoms with E-state index in [4.69, 9.17) is 16.3 Å². The number of anilines is 1. The summed E-state index contributed by atoms with van der Waals surface area (Å²) >= 11 is 6.07. The number of carbonyl (C=O) groups is 1. The maximum absolute atomic E-state index is 12.7. The molecule has 3 atom stereocenters. The van der Waals surface area contributed by atoms with Crippen molar-refractivity contribution < 1.29 is 14.0 Å². The van der Waals surface area contributed by atoms with E-state index in [9.17, 15) is 4.79 Å². The molecule has 162 valence electrons. The number of hydrogen-bond donors (Lipinski definition) is 1. The zero-order valence-electron chi connectivity index (χ0n) is 18.2. The third-order valence-corrected chi connectivity index (χ3v) is 7.61. The third-order valence-electron chi connectivity index (χ3n) is 7.38. The van der Waals surface area contributed by atoms with Gasteiger partial charge in [0.15, 0.2) is 0 Å². The molecule has 1 amide bonds. The van der Waals surface area contributed by atoms with Crippen molar-refractivity contribution in [2.45, 2.75) is 38.3 Å². The minimum Gasteiger partial charge on any atom is -0.488 e. The number of benzene rings is 2. The third kappa shape index (κ3) is 4.24. The van der Waals surface area contributed by atoms with Gasteiger partial charge < -0.3 is 14.5 Å². The number of rotatable bonds is 5. The number of hydrogen-bond acceptors (Lipinski definition) is 2. The standard InChI is InChI=1S/C26H29ClN2O2/c1-29(2,24-12-18-3-6-19(24)11-18)15-17-4-8-23(9-5-17)28-26(30)21-13-20-14-22(27)7-10-25(20)31-16-21/h4-5,7-10,13-14,18-19,24H,3,6,11-12,15-16H2,1-2H3/p+1. The summed E-state index contributed by atoms with van der Waals surface area (Å²) < 4.78 is 6.76. The number of nitrogens with one attached hydrogen (secondary N) is 1. The first-order valence-corrected chi connectivity index (χ1v) is 11.6. The van der Waals surface area contributed by atoms with Gasteiger partial charge in [0, 0.05) is 34.2 Å². The van der Waals surface area contributed by atoms with E-state index in [1.165, 1.54) is 31.2 Å². The second-order valence-electron chi connectivity index (χ2n) is 9.97. The zero-order valence-corrected chi connectivity index (χ0v) is 19.0. The predicted octanol–water partition coefficient (Wildman–Crippen LogP) is 5.52. The highest BCUT2D eigenvalue weighted by molar-refractivity contribution is 6.30. The fraction of sp³-hybridized carbons (Fsp3) is 0.423. The fourth-order valence-corrected chi connectivity index (χ4v) is 6.02. The molecule has 0 aromatic heterocycles. The highest BCUT2D eigenvalue weighted by Gasteiger charge is 2.47. The molecule has 1 heterocycles. The fourth-order valence-electron chi connectivity index (χ4n) is 5.84. The summed E-state index contributed by atoms with van der Waals surface area (Å²) in [5, 5.41) is 3.63. The van der Waals surface area contributed by atoms with Crippen molar-refractivity contribution in [2.24, 2.45) is 11.8 Å². The molecule has 31 heavy (non-hydrogen) atoms. The Morgan fingerprint density at radius 1 is 1.13 bits per heavy atom. The van der Waals surface area contributed by atoms with Gasteiger partial charge in [0.25, 0.3) is 5.91 Å². The van der Waals surface area contributed by atoms with Crippen LogP contribution in [-0.4, -0.2) is 37.1 Å². The van der Waals surface area contributed by atoms with Gasteiger partial charge in [-0.1, -0.05) is 23.7 Å². The zero-order chi connectivity index (χ0) is 21.6. The largest absolute Gasteiger partial charge is 0.488 e. The van der Waals surface area contributed by atoms with Crippen LogP contribution in [0.3, 0.4) is 0 Å². The van der Waals surface area contributed by atoms with Gasteiger partial charge in [-0.3, -0.25) is 4.79 Å². The predicted molar refractivity (Wildman–Crippen MR) is 125 cm³/mol. The molecular weight excluding hydrogens is 408 g/mol. The molecule has 1 aliphatic heterocycles. The quantitative estimate of drug-likeness (QED) is 0.625. The molecular formula is C26H30ClN2O2+. The van der Waals surface area contributed by atoms with Gasteiger partial charge in [-0.05, 0) is 61.6 Å². The van der Waals surface area contributed by atoms with Crippen LogP contribution in [0.2, 0.25) is 5.02 Å². The molecule has 2 bridgehead atoms. The van der Waals surface area contributed by atoms with Crippen molar-refractivity contribution in [2.75, 3.05) is 26.0 Å². The number of amides is 1. The smallest absolute Gasteiger partial charge is 0.255 e. The van der Waals surface area contributed by atoms with Crippen LogP contribution >= 0.6 is 11.6 Å². The van der Waals surface area contributed by atoms with Crippen molar-refractivity contribution in [3.63, 3.8) is 0 Å². The number of fused-ring (bicyclic) bond motifs is 3. The summed E-state index contributed by atoms with van der Waals surface area (Å²) in [6.07, 6.45) is 7.53. The topological polar surface area (TPSA) is 38.3 Å². The van der Waals surface area contributed by atoms with Crippen LogP contribution in [0.4, 0.5) is 5.69 Å². The van der Waals surface area contributed by atoms with Gasteiger partial charge in [-0.2, -0.15) is 0 Å².